The first-order valence-corrected chi connectivity index (χ1v) is 6.05. The number of benzene rings is 1. The van der Waals surface area contributed by atoms with Crippen LogP contribution in [0.5, 0.6) is 0 Å². The lowest BCUT2D eigenvalue weighted by Gasteiger charge is -2.11. The van der Waals surface area contributed by atoms with Crippen LogP contribution in [0.4, 0.5) is 4.39 Å². The summed E-state index contributed by atoms with van der Waals surface area (Å²) in [5, 5.41) is 13.9. The zero-order valence-corrected chi connectivity index (χ0v) is 9.80. The van der Waals surface area contributed by atoms with Crippen molar-refractivity contribution in [1.82, 2.24) is 0 Å². The molecule has 2 rings (SSSR count). The molecular formula is C13H13FOS. The van der Waals surface area contributed by atoms with Gasteiger partial charge in [-0.05, 0) is 52.6 Å². The molecule has 0 fully saturated rings. The van der Waals surface area contributed by atoms with Crippen LogP contribution in [-0.4, -0.2) is 5.11 Å². The Morgan fingerprint density at radius 3 is 2.81 bits per heavy atom. The highest BCUT2D eigenvalue weighted by atomic mass is 32.1. The molecule has 1 unspecified atom stereocenters. The summed E-state index contributed by atoms with van der Waals surface area (Å²) < 4.78 is 13.2. The van der Waals surface area contributed by atoms with Gasteiger partial charge in [0.1, 0.15) is 5.82 Å². The molecule has 1 N–H and O–H groups in total. The molecule has 0 radical (unpaired) electrons. The second kappa shape index (κ2) is 4.76. The number of hydrogen-bond donors (Lipinski definition) is 1. The lowest BCUT2D eigenvalue weighted by molar-refractivity contribution is 0.178. The van der Waals surface area contributed by atoms with Crippen LogP contribution in [-0.2, 0) is 6.42 Å². The fourth-order valence-electron chi connectivity index (χ4n) is 1.71. The summed E-state index contributed by atoms with van der Waals surface area (Å²) in [6, 6.07) is 6.64. The fourth-order valence-corrected chi connectivity index (χ4v) is 2.39. The minimum atomic E-state index is -0.635. The van der Waals surface area contributed by atoms with Crippen LogP contribution in [0.3, 0.4) is 0 Å². The summed E-state index contributed by atoms with van der Waals surface area (Å²) in [5.41, 5.74) is 2.56. The molecule has 1 heterocycles. The maximum Gasteiger partial charge on any atom is 0.123 e. The highest BCUT2D eigenvalue weighted by molar-refractivity contribution is 7.07. The summed E-state index contributed by atoms with van der Waals surface area (Å²) in [6.45, 7) is 1.82. The Kier molecular flexibility index (Phi) is 3.36. The van der Waals surface area contributed by atoms with E-state index in [1.54, 1.807) is 11.3 Å². The number of thiophene rings is 1. The lowest BCUT2D eigenvalue weighted by atomic mass is 10.0. The van der Waals surface area contributed by atoms with Gasteiger partial charge in [-0.2, -0.15) is 11.3 Å². The van der Waals surface area contributed by atoms with Gasteiger partial charge in [0.2, 0.25) is 0 Å². The van der Waals surface area contributed by atoms with Crippen molar-refractivity contribution in [3.63, 3.8) is 0 Å². The number of aliphatic hydroxyl groups excluding tert-OH is 1. The van der Waals surface area contributed by atoms with E-state index in [9.17, 15) is 9.50 Å². The summed E-state index contributed by atoms with van der Waals surface area (Å²) in [4.78, 5) is 0. The maximum absolute atomic E-state index is 13.2. The van der Waals surface area contributed by atoms with Crippen molar-refractivity contribution in [3.8, 4) is 0 Å². The fraction of sp³-hybridized carbons (Fsp3) is 0.231. The van der Waals surface area contributed by atoms with Crippen LogP contribution >= 0.6 is 11.3 Å². The minimum absolute atomic E-state index is 0.292. The van der Waals surface area contributed by atoms with Crippen LogP contribution in [0.1, 0.15) is 22.8 Å². The quantitative estimate of drug-likeness (QED) is 0.865. The Bertz CT molecular complexity index is 445. The summed E-state index contributed by atoms with van der Waals surface area (Å²) in [7, 11) is 0. The number of halogens is 1. The lowest BCUT2D eigenvalue weighted by Crippen LogP contribution is -2.02. The highest BCUT2D eigenvalue weighted by Crippen LogP contribution is 2.21. The van der Waals surface area contributed by atoms with Gasteiger partial charge in [0.25, 0.3) is 0 Å². The smallest absolute Gasteiger partial charge is 0.123 e. The second-order valence-corrected chi connectivity index (χ2v) is 4.69. The monoisotopic (exact) mass is 236 g/mol. The SMILES string of the molecule is Cc1cc(F)cc(C(O)Cc2ccsc2)c1. The van der Waals surface area contributed by atoms with E-state index in [4.69, 9.17) is 0 Å². The van der Waals surface area contributed by atoms with Crippen molar-refractivity contribution < 1.29 is 9.50 Å². The molecule has 0 saturated carbocycles. The van der Waals surface area contributed by atoms with Crippen LogP contribution in [0.2, 0.25) is 0 Å². The number of rotatable bonds is 3. The standard InChI is InChI=1S/C13H13FOS/c1-9-4-11(7-12(14)5-9)13(15)6-10-2-3-16-8-10/h2-5,7-8,13,15H,6H2,1H3. The Morgan fingerprint density at radius 2 is 2.19 bits per heavy atom. The molecule has 0 aliphatic rings. The first-order valence-electron chi connectivity index (χ1n) is 5.11. The molecule has 84 valence electrons. The molecular weight excluding hydrogens is 223 g/mol. The zero-order valence-electron chi connectivity index (χ0n) is 8.98. The van der Waals surface area contributed by atoms with Crippen molar-refractivity contribution in [1.29, 1.82) is 0 Å². The normalized spacial score (nSPS) is 12.7. The predicted molar refractivity (Wildman–Crippen MR) is 64.1 cm³/mol. The molecule has 0 saturated heterocycles. The Morgan fingerprint density at radius 1 is 1.38 bits per heavy atom. The van der Waals surface area contributed by atoms with Crippen LogP contribution in [0.15, 0.2) is 35.0 Å². The first-order chi connectivity index (χ1) is 7.65. The predicted octanol–water partition coefficient (Wildman–Crippen LogP) is 3.47. The third kappa shape index (κ3) is 2.68. The van der Waals surface area contributed by atoms with E-state index in [0.29, 0.717) is 12.0 Å². The number of aryl methyl sites for hydroxylation is 1. The molecule has 0 aliphatic heterocycles. The molecule has 1 aromatic carbocycles. The van der Waals surface area contributed by atoms with Crippen molar-refractivity contribution >= 4 is 11.3 Å². The molecule has 1 aromatic heterocycles. The van der Waals surface area contributed by atoms with E-state index in [1.165, 1.54) is 12.1 Å². The van der Waals surface area contributed by atoms with Crippen molar-refractivity contribution in [2.24, 2.45) is 0 Å². The van der Waals surface area contributed by atoms with Gasteiger partial charge in [-0.15, -0.1) is 0 Å². The van der Waals surface area contributed by atoms with E-state index in [1.807, 2.05) is 29.8 Å². The molecule has 0 bridgehead atoms. The third-order valence-electron chi connectivity index (χ3n) is 2.46. The minimum Gasteiger partial charge on any atom is -0.388 e. The summed E-state index contributed by atoms with van der Waals surface area (Å²) >= 11 is 1.60. The first kappa shape index (κ1) is 11.3. The van der Waals surface area contributed by atoms with Gasteiger partial charge >= 0.3 is 0 Å². The molecule has 0 aliphatic carbocycles. The zero-order chi connectivity index (χ0) is 11.5. The van der Waals surface area contributed by atoms with E-state index in [-0.39, 0.29) is 5.82 Å². The molecule has 0 spiro atoms. The van der Waals surface area contributed by atoms with E-state index in [0.717, 1.165) is 11.1 Å². The Hall–Kier alpha value is -1.19. The molecule has 1 atom stereocenters. The topological polar surface area (TPSA) is 20.2 Å². The average molecular weight is 236 g/mol. The Labute approximate surface area is 98.2 Å². The van der Waals surface area contributed by atoms with Crippen LogP contribution in [0, 0.1) is 12.7 Å². The number of aliphatic hydroxyl groups is 1. The third-order valence-corrected chi connectivity index (χ3v) is 3.19. The maximum atomic E-state index is 13.2. The molecule has 3 heteroatoms. The van der Waals surface area contributed by atoms with Crippen LogP contribution in [0.25, 0.3) is 0 Å². The van der Waals surface area contributed by atoms with Gasteiger partial charge in [-0.3, -0.25) is 0 Å². The molecule has 1 nitrogen and oxygen atoms in total. The second-order valence-electron chi connectivity index (χ2n) is 3.91. The van der Waals surface area contributed by atoms with Crippen molar-refractivity contribution in [2.45, 2.75) is 19.4 Å². The van der Waals surface area contributed by atoms with Crippen molar-refractivity contribution in [3.05, 3.63) is 57.5 Å². The van der Waals surface area contributed by atoms with Gasteiger partial charge in [0.05, 0.1) is 6.10 Å². The van der Waals surface area contributed by atoms with Crippen LogP contribution < -0.4 is 0 Å². The van der Waals surface area contributed by atoms with E-state index >= 15 is 0 Å². The van der Waals surface area contributed by atoms with Gasteiger partial charge < -0.3 is 5.11 Å². The average Bonchev–Trinajstić information content (AvgIpc) is 2.68. The Balaban J connectivity index is 2.17. The highest BCUT2D eigenvalue weighted by Gasteiger charge is 2.10. The van der Waals surface area contributed by atoms with E-state index in [2.05, 4.69) is 0 Å². The largest absolute Gasteiger partial charge is 0.388 e. The molecule has 0 amide bonds. The van der Waals surface area contributed by atoms with Gasteiger partial charge in [0.15, 0.2) is 0 Å². The van der Waals surface area contributed by atoms with Crippen molar-refractivity contribution in [2.75, 3.05) is 0 Å². The molecule has 16 heavy (non-hydrogen) atoms. The van der Waals surface area contributed by atoms with Gasteiger partial charge in [0, 0.05) is 6.42 Å². The van der Waals surface area contributed by atoms with Gasteiger partial charge in [-0.25, -0.2) is 4.39 Å². The van der Waals surface area contributed by atoms with E-state index < -0.39 is 6.10 Å². The summed E-state index contributed by atoms with van der Waals surface area (Å²) in [6.07, 6.45) is -0.101. The molecule has 2 aromatic rings. The van der Waals surface area contributed by atoms with Gasteiger partial charge in [-0.1, -0.05) is 6.07 Å². The number of hydrogen-bond acceptors (Lipinski definition) is 2. The summed E-state index contributed by atoms with van der Waals surface area (Å²) in [5.74, 6) is -0.292.